The smallest absolute Gasteiger partial charge is 0.164 e. The van der Waals surface area contributed by atoms with E-state index in [-0.39, 0.29) is 0 Å². The van der Waals surface area contributed by atoms with Gasteiger partial charge in [0.25, 0.3) is 0 Å². The van der Waals surface area contributed by atoms with Gasteiger partial charge in [-0.05, 0) is 95.3 Å². The summed E-state index contributed by atoms with van der Waals surface area (Å²) in [7, 11) is 0. The quantitative estimate of drug-likeness (QED) is 0.158. The highest BCUT2D eigenvalue weighted by atomic mass is 15.0. The molecule has 60 heavy (non-hydrogen) atoms. The Hall–Kier alpha value is -8.26. The van der Waals surface area contributed by atoms with Gasteiger partial charge in [-0.25, -0.2) is 15.0 Å². The fourth-order valence-corrected chi connectivity index (χ4v) is 8.67. The fourth-order valence-electron chi connectivity index (χ4n) is 8.67. The minimum atomic E-state index is 0.628. The first-order valence-corrected chi connectivity index (χ1v) is 20.1. The molecule has 0 amide bonds. The normalized spacial score (nSPS) is 11.3. The monoisotopic (exact) mass is 762 g/mol. The molecule has 0 fully saturated rings. The summed E-state index contributed by atoms with van der Waals surface area (Å²) in [4.78, 5) is 15.0. The van der Waals surface area contributed by atoms with Gasteiger partial charge < -0.3 is 0 Å². The molecular weight excluding hydrogens is 729 g/mol. The molecule has 0 aliphatic carbocycles. The Morgan fingerprint density at radius 2 is 0.667 bits per heavy atom. The fraction of sp³-hybridized carbons (Fsp3) is 0. The molecule has 1 aromatic heterocycles. The highest BCUT2D eigenvalue weighted by Gasteiger charge is 2.17. The van der Waals surface area contributed by atoms with Gasteiger partial charge in [0.1, 0.15) is 0 Å². The zero-order valence-corrected chi connectivity index (χ0v) is 32.4. The van der Waals surface area contributed by atoms with Gasteiger partial charge in [0.15, 0.2) is 17.5 Å². The minimum Gasteiger partial charge on any atom is -0.208 e. The Morgan fingerprint density at radius 1 is 0.267 bits per heavy atom. The van der Waals surface area contributed by atoms with Crippen LogP contribution in [0.5, 0.6) is 0 Å². The molecule has 0 saturated heterocycles. The van der Waals surface area contributed by atoms with Gasteiger partial charge in [-0.2, -0.15) is 5.26 Å². The molecule has 1 heterocycles. The van der Waals surface area contributed by atoms with Crippen LogP contribution in [0.4, 0.5) is 0 Å². The van der Waals surface area contributed by atoms with Crippen molar-refractivity contribution in [3.8, 4) is 73.6 Å². The molecule has 0 bridgehead atoms. The topological polar surface area (TPSA) is 62.5 Å². The first kappa shape index (κ1) is 34.9. The first-order valence-electron chi connectivity index (χ1n) is 20.1. The van der Waals surface area contributed by atoms with Crippen molar-refractivity contribution >= 4 is 43.1 Å². The van der Waals surface area contributed by atoms with Crippen LogP contribution in [0.2, 0.25) is 0 Å². The zero-order chi connectivity index (χ0) is 40.0. The predicted octanol–water partition coefficient (Wildman–Crippen LogP) is 14.4. The molecule has 0 spiro atoms. The van der Waals surface area contributed by atoms with E-state index in [2.05, 4.69) is 127 Å². The lowest BCUT2D eigenvalue weighted by molar-refractivity contribution is 1.07. The molecule has 278 valence electrons. The highest BCUT2D eigenvalue weighted by Crippen LogP contribution is 2.43. The van der Waals surface area contributed by atoms with Crippen LogP contribution in [0.15, 0.2) is 206 Å². The second kappa shape index (κ2) is 14.6. The largest absolute Gasteiger partial charge is 0.208 e. The summed E-state index contributed by atoms with van der Waals surface area (Å²) in [5.74, 6) is 1.91. The summed E-state index contributed by atoms with van der Waals surface area (Å²) in [6.45, 7) is 0. The van der Waals surface area contributed by atoms with Crippen LogP contribution in [0.25, 0.3) is 111 Å². The third-order valence-electron chi connectivity index (χ3n) is 11.6. The van der Waals surface area contributed by atoms with Crippen LogP contribution < -0.4 is 0 Å². The molecule has 0 saturated carbocycles. The van der Waals surface area contributed by atoms with Crippen molar-refractivity contribution < 1.29 is 0 Å². The maximum Gasteiger partial charge on any atom is 0.164 e. The van der Waals surface area contributed by atoms with Crippen molar-refractivity contribution in [3.05, 3.63) is 212 Å². The van der Waals surface area contributed by atoms with Crippen molar-refractivity contribution in [3.63, 3.8) is 0 Å². The number of fused-ring (bicyclic) bond motifs is 6. The van der Waals surface area contributed by atoms with E-state index in [1.54, 1.807) is 0 Å². The molecule has 0 N–H and O–H groups in total. The maximum atomic E-state index is 9.74. The highest BCUT2D eigenvalue weighted by molar-refractivity contribution is 6.24. The number of nitrogens with zero attached hydrogens (tertiary/aromatic N) is 4. The van der Waals surface area contributed by atoms with E-state index in [1.807, 2.05) is 84.9 Å². The van der Waals surface area contributed by atoms with Crippen molar-refractivity contribution in [1.29, 1.82) is 5.26 Å². The standard InChI is InChI=1S/C56H34N4/c57-35-42-30-31-44(45-21-8-7-20-43(42)45)36-26-28-37(29-27-36)50-33-52-49-25-12-10-23-47(49)51(34-53(52)48-24-11-9-22-46(48)50)40-18-13-19-41(32-40)56-59-54(38-14-3-1-4-15-38)58-55(60-56)39-16-5-2-6-17-39/h1-34H. The van der Waals surface area contributed by atoms with Gasteiger partial charge in [0.05, 0.1) is 11.6 Å². The molecule has 10 aromatic carbocycles. The lowest BCUT2D eigenvalue weighted by Crippen LogP contribution is -2.00. The maximum absolute atomic E-state index is 9.74. The van der Waals surface area contributed by atoms with Crippen LogP contribution in [-0.4, -0.2) is 15.0 Å². The third kappa shape index (κ3) is 6.05. The molecule has 0 unspecified atom stereocenters. The van der Waals surface area contributed by atoms with E-state index < -0.39 is 0 Å². The van der Waals surface area contributed by atoms with Crippen LogP contribution in [0, 0.1) is 11.3 Å². The second-order valence-corrected chi connectivity index (χ2v) is 15.0. The predicted molar refractivity (Wildman–Crippen MR) is 247 cm³/mol. The summed E-state index contributed by atoms with van der Waals surface area (Å²) in [5.41, 5.74) is 10.3. The summed E-state index contributed by atoms with van der Waals surface area (Å²) in [5, 5.41) is 19.0. The lowest BCUT2D eigenvalue weighted by Gasteiger charge is -2.17. The Balaban J connectivity index is 1.05. The van der Waals surface area contributed by atoms with Gasteiger partial charge in [0.2, 0.25) is 0 Å². The lowest BCUT2D eigenvalue weighted by atomic mass is 9.87. The van der Waals surface area contributed by atoms with E-state index >= 15 is 0 Å². The first-order chi connectivity index (χ1) is 29.7. The summed E-state index contributed by atoms with van der Waals surface area (Å²) >= 11 is 0. The van der Waals surface area contributed by atoms with E-state index in [1.165, 1.54) is 37.9 Å². The van der Waals surface area contributed by atoms with E-state index in [0.29, 0.717) is 23.0 Å². The van der Waals surface area contributed by atoms with Crippen molar-refractivity contribution in [2.75, 3.05) is 0 Å². The third-order valence-corrected chi connectivity index (χ3v) is 11.6. The average molecular weight is 763 g/mol. The number of aromatic nitrogens is 3. The molecule has 11 rings (SSSR count). The Labute approximate surface area is 347 Å². The van der Waals surface area contributed by atoms with Gasteiger partial charge in [0, 0.05) is 22.1 Å². The van der Waals surface area contributed by atoms with E-state index in [9.17, 15) is 5.26 Å². The Bertz CT molecular complexity index is 3420. The van der Waals surface area contributed by atoms with Crippen LogP contribution in [0.1, 0.15) is 5.56 Å². The zero-order valence-electron chi connectivity index (χ0n) is 32.4. The molecule has 4 heteroatoms. The summed E-state index contributed by atoms with van der Waals surface area (Å²) in [6, 6.07) is 74.3. The van der Waals surface area contributed by atoms with Crippen molar-refractivity contribution in [2.24, 2.45) is 0 Å². The van der Waals surface area contributed by atoms with E-state index in [4.69, 9.17) is 15.0 Å². The SMILES string of the molecule is N#Cc1ccc(-c2ccc(-c3cc4c5ccccc5c(-c5cccc(-c6nc(-c7ccccc7)nc(-c7ccccc7)n6)c5)cc4c4ccccc34)cc2)c2ccccc12. The van der Waals surface area contributed by atoms with Gasteiger partial charge in [-0.3, -0.25) is 0 Å². The molecule has 0 atom stereocenters. The van der Waals surface area contributed by atoms with Gasteiger partial charge in [-0.15, -0.1) is 0 Å². The molecule has 4 nitrogen and oxygen atoms in total. The van der Waals surface area contributed by atoms with Gasteiger partial charge in [-0.1, -0.05) is 182 Å². The Morgan fingerprint density at radius 3 is 1.20 bits per heavy atom. The average Bonchev–Trinajstić information content (AvgIpc) is 3.33. The molecule has 0 radical (unpaired) electrons. The summed E-state index contributed by atoms with van der Waals surface area (Å²) in [6.07, 6.45) is 0. The number of hydrogen-bond acceptors (Lipinski definition) is 4. The molecule has 0 aliphatic heterocycles. The molecular formula is C56H34N4. The van der Waals surface area contributed by atoms with Crippen LogP contribution in [0.3, 0.4) is 0 Å². The number of rotatable bonds is 6. The number of hydrogen-bond donors (Lipinski definition) is 0. The van der Waals surface area contributed by atoms with Crippen molar-refractivity contribution in [2.45, 2.75) is 0 Å². The number of benzene rings is 10. The van der Waals surface area contributed by atoms with E-state index in [0.717, 1.165) is 55.3 Å². The summed E-state index contributed by atoms with van der Waals surface area (Å²) < 4.78 is 0. The van der Waals surface area contributed by atoms with Gasteiger partial charge >= 0.3 is 0 Å². The minimum absolute atomic E-state index is 0.628. The molecule has 11 aromatic rings. The molecule has 0 aliphatic rings. The second-order valence-electron chi connectivity index (χ2n) is 15.0. The van der Waals surface area contributed by atoms with Crippen molar-refractivity contribution in [1.82, 2.24) is 15.0 Å². The number of nitriles is 1. The van der Waals surface area contributed by atoms with Crippen LogP contribution >= 0.6 is 0 Å². The van der Waals surface area contributed by atoms with Crippen LogP contribution in [-0.2, 0) is 0 Å². The Kier molecular flexibility index (Phi) is 8.50.